The SMILES string of the molecule is CCCCC/C=C\C[C@@H](O)/C=C/C=C\C/C=C\CCCC(=O)OC[C@H](O)COC(=O)CCCCCCCCCCC(C)C. The first kappa shape index (κ1) is 40.8. The van der Waals surface area contributed by atoms with Crippen molar-refractivity contribution in [2.24, 2.45) is 5.92 Å². The van der Waals surface area contributed by atoms with Gasteiger partial charge in [-0.15, -0.1) is 0 Å². The molecule has 0 aliphatic carbocycles. The fourth-order valence-electron chi connectivity index (χ4n) is 4.40. The van der Waals surface area contributed by atoms with Crippen molar-refractivity contribution in [2.45, 2.75) is 155 Å². The van der Waals surface area contributed by atoms with E-state index in [1.807, 2.05) is 36.5 Å². The zero-order valence-corrected chi connectivity index (χ0v) is 27.7. The van der Waals surface area contributed by atoms with Gasteiger partial charge in [0.25, 0.3) is 0 Å². The van der Waals surface area contributed by atoms with E-state index in [4.69, 9.17) is 9.47 Å². The molecule has 6 heteroatoms. The van der Waals surface area contributed by atoms with Crippen LogP contribution in [-0.4, -0.2) is 47.6 Å². The smallest absolute Gasteiger partial charge is 0.305 e. The lowest BCUT2D eigenvalue weighted by molar-refractivity contribution is -0.152. The summed E-state index contributed by atoms with van der Waals surface area (Å²) in [4.78, 5) is 23.8. The third kappa shape index (κ3) is 32.6. The monoisotopic (exact) mass is 604 g/mol. The number of rotatable bonds is 29. The number of hydrogen-bond donors (Lipinski definition) is 2. The Balaban J connectivity index is 3.66. The van der Waals surface area contributed by atoms with Crippen molar-refractivity contribution in [1.82, 2.24) is 0 Å². The van der Waals surface area contributed by atoms with E-state index >= 15 is 0 Å². The van der Waals surface area contributed by atoms with Gasteiger partial charge in [0, 0.05) is 12.8 Å². The summed E-state index contributed by atoms with van der Waals surface area (Å²) < 4.78 is 10.2. The van der Waals surface area contributed by atoms with Gasteiger partial charge in [-0.2, -0.15) is 0 Å². The molecule has 0 aliphatic heterocycles. The van der Waals surface area contributed by atoms with Crippen molar-refractivity contribution in [3.05, 3.63) is 48.6 Å². The molecule has 0 rings (SSSR count). The standard InChI is InChI=1S/C37H64O6/c1-4-5-6-7-17-22-27-34(38)28-23-18-13-9-11-15-20-25-30-37(41)43-32-35(39)31-42-36(40)29-24-19-14-10-8-12-16-21-26-33(2)3/h11,13,15,17-18,22-23,28,33-35,38-39H,4-10,12,14,16,19-21,24-27,29-32H2,1-3H3/b15-11-,18-13-,22-17-,28-23+/t34-,35-/m1/s1. The molecule has 2 N–H and O–H groups in total. The van der Waals surface area contributed by atoms with Gasteiger partial charge in [-0.1, -0.05) is 134 Å². The molecular formula is C37H64O6. The Morgan fingerprint density at radius 2 is 1.23 bits per heavy atom. The zero-order valence-electron chi connectivity index (χ0n) is 27.7. The quantitative estimate of drug-likeness (QED) is 0.0383. The van der Waals surface area contributed by atoms with Crippen LogP contribution in [0.15, 0.2) is 48.6 Å². The van der Waals surface area contributed by atoms with Crippen LogP contribution in [-0.2, 0) is 19.1 Å². The maximum atomic E-state index is 11.9. The van der Waals surface area contributed by atoms with Crippen molar-refractivity contribution >= 4 is 11.9 Å². The van der Waals surface area contributed by atoms with Crippen molar-refractivity contribution < 1.29 is 29.3 Å². The highest BCUT2D eigenvalue weighted by Crippen LogP contribution is 2.13. The molecule has 248 valence electrons. The number of carbonyl (C=O) groups excluding carboxylic acids is 2. The van der Waals surface area contributed by atoms with E-state index in [1.165, 1.54) is 57.8 Å². The van der Waals surface area contributed by atoms with Crippen molar-refractivity contribution in [3.63, 3.8) is 0 Å². The average Bonchev–Trinajstić information content (AvgIpc) is 2.98. The minimum Gasteiger partial charge on any atom is -0.463 e. The largest absolute Gasteiger partial charge is 0.463 e. The van der Waals surface area contributed by atoms with Crippen LogP contribution < -0.4 is 0 Å². The van der Waals surface area contributed by atoms with E-state index in [0.29, 0.717) is 19.3 Å². The van der Waals surface area contributed by atoms with E-state index in [-0.39, 0.29) is 31.6 Å². The van der Waals surface area contributed by atoms with Crippen molar-refractivity contribution in [2.75, 3.05) is 13.2 Å². The molecule has 0 aromatic heterocycles. The summed E-state index contributed by atoms with van der Waals surface area (Å²) in [5.41, 5.74) is 0. The van der Waals surface area contributed by atoms with Gasteiger partial charge in [-0.25, -0.2) is 0 Å². The summed E-state index contributed by atoms with van der Waals surface area (Å²) in [6.45, 7) is 6.42. The van der Waals surface area contributed by atoms with Crippen LogP contribution in [0.5, 0.6) is 0 Å². The third-order valence-electron chi connectivity index (χ3n) is 7.08. The molecule has 0 aromatic rings. The molecule has 0 saturated heterocycles. The van der Waals surface area contributed by atoms with Crippen LogP contribution in [0.2, 0.25) is 0 Å². The molecule has 0 bridgehead atoms. The molecule has 43 heavy (non-hydrogen) atoms. The lowest BCUT2D eigenvalue weighted by Gasteiger charge is -2.12. The lowest BCUT2D eigenvalue weighted by atomic mass is 10.0. The Morgan fingerprint density at radius 3 is 1.88 bits per heavy atom. The first-order chi connectivity index (χ1) is 20.8. The van der Waals surface area contributed by atoms with Gasteiger partial charge in [0.05, 0.1) is 6.10 Å². The normalized spacial score (nSPS) is 13.6. The molecule has 0 spiro atoms. The van der Waals surface area contributed by atoms with Gasteiger partial charge < -0.3 is 19.7 Å². The maximum Gasteiger partial charge on any atom is 0.305 e. The van der Waals surface area contributed by atoms with Crippen LogP contribution in [0.25, 0.3) is 0 Å². The maximum absolute atomic E-state index is 11.9. The molecule has 0 unspecified atom stereocenters. The topological polar surface area (TPSA) is 93.1 Å². The fourth-order valence-corrected chi connectivity index (χ4v) is 4.40. The predicted octanol–water partition coefficient (Wildman–Crippen LogP) is 9.11. The second kappa shape index (κ2) is 31.3. The molecule has 6 nitrogen and oxygen atoms in total. The van der Waals surface area contributed by atoms with Crippen molar-refractivity contribution in [3.8, 4) is 0 Å². The van der Waals surface area contributed by atoms with E-state index < -0.39 is 12.2 Å². The summed E-state index contributed by atoms with van der Waals surface area (Å²) in [6.07, 6.45) is 33.4. The minimum atomic E-state index is -1.00. The minimum absolute atomic E-state index is 0.150. The molecular weight excluding hydrogens is 540 g/mol. The molecule has 0 radical (unpaired) electrons. The van der Waals surface area contributed by atoms with Crippen LogP contribution in [0.3, 0.4) is 0 Å². The number of carbonyl (C=O) groups is 2. The highest BCUT2D eigenvalue weighted by molar-refractivity contribution is 5.69. The Hall–Kier alpha value is -2.18. The van der Waals surface area contributed by atoms with Gasteiger partial charge in [-0.3, -0.25) is 9.59 Å². The van der Waals surface area contributed by atoms with Gasteiger partial charge in [0.2, 0.25) is 0 Å². The Morgan fingerprint density at radius 1 is 0.651 bits per heavy atom. The third-order valence-corrected chi connectivity index (χ3v) is 7.08. The summed E-state index contributed by atoms with van der Waals surface area (Å²) in [7, 11) is 0. The first-order valence-corrected chi connectivity index (χ1v) is 17.2. The fraction of sp³-hybridized carbons (Fsp3) is 0.730. The summed E-state index contributed by atoms with van der Waals surface area (Å²) in [5.74, 6) is 0.126. The summed E-state index contributed by atoms with van der Waals surface area (Å²) >= 11 is 0. The van der Waals surface area contributed by atoms with Crippen LogP contribution in [0.4, 0.5) is 0 Å². The Labute approximate surface area is 263 Å². The lowest BCUT2D eigenvalue weighted by Crippen LogP contribution is -2.25. The molecule has 0 amide bonds. The second-order valence-electron chi connectivity index (χ2n) is 12.0. The number of esters is 2. The molecule has 0 aromatic carbocycles. The van der Waals surface area contributed by atoms with Crippen molar-refractivity contribution in [1.29, 1.82) is 0 Å². The van der Waals surface area contributed by atoms with Gasteiger partial charge in [0.1, 0.15) is 19.3 Å². The number of hydrogen-bond acceptors (Lipinski definition) is 6. The molecule has 0 saturated carbocycles. The number of allylic oxidation sites excluding steroid dienone is 6. The number of ether oxygens (including phenoxy) is 2. The van der Waals surface area contributed by atoms with Crippen LogP contribution in [0.1, 0.15) is 143 Å². The number of aliphatic hydroxyl groups excluding tert-OH is 2. The number of unbranched alkanes of at least 4 members (excludes halogenated alkanes) is 11. The van der Waals surface area contributed by atoms with Gasteiger partial charge in [-0.05, 0) is 50.9 Å². The molecule has 0 aliphatic rings. The Bertz CT molecular complexity index is 767. The van der Waals surface area contributed by atoms with E-state index in [9.17, 15) is 19.8 Å². The zero-order chi connectivity index (χ0) is 31.8. The predicted molar refractivity (Wildman–Crippen MR) is 179 cm³/mol. The molecule has 0 fully saturated rings. The Kier molecular flexibility index (Phi) is 29.7. The van der Waals surface area contributed by atoms with E-state index in [0.717, 1.165) is 44.4 Å². The summed E-state index contributed by atoms with van der Waals surface area (Å²) in [5, 5.41) is 19.9. The van der Waals surface area contributed by atoms with Crippen LogP contribution >= 0.6 is 0 Å². The van der Waals surface area contributed by atoms with Gasteiger partial charge in [0.15, 0.2) is 0 Å². The average molecular weight is 605 g/mol. The molecule has 2 atom stereocenters. The first-order valence-electron chi connectivity index (χ1n) is 17.2. The highest BCUT2D eigenvalue weighted by Gasteiger charge is 2.12. The van der Waals surface area contributed by atoms with E-state index in [1.54, 1.807) is 6.08 Å². The van der Waals surface area contributed by atoms with Gasteiger partial charge >= 0.3 is 11.9 Å². The summed E-state index contributed by atoms with van der Waals surface area (Å²) in [6, 6.07) is 0. The highest BCUT2D eigenvalue weighted by atomic mass is 16.6. The van der Waals surface area contributed by atoms with E-state index in [2.05, 4.69) is 26.8 Å². The van der Waals surface area contributed by atoms with Crippen LogP contribution in [0, 0.1) is 5.92 Å². The molecule has 0 heterocycles. The number of aliphatic hydroxyl groups is 2. The second-order valence-corrected chi connectivity index (χ2v) is 12.0.